The van der Waals surface area contributed by atoms with Gasteiger partial charge in [0.1, 0.15) is 0 Å². The Balaban J connectivity index is 2.57. The number of hydrogen-bond acceptors (Lipinski definition) is 2. The molecule has 1 aromatic heterocycles. The monoisotopic (exact) mass is 245 g/mol. The van der Waals surface area contributed by atoms with Gasteiger partial charge in [-0.25, -0.2) is 0 Å². The molecule has 2 rings (SSSR count). The van der Waals surface area contributed by atoms with E-state index in [2.05, 4.69) is 4.98 Å². The second-order valence-electron chi connectivity index (χ2n) is 3.72. The second-order valence-corrected chi connectivity index (χ2v) is 4.53. The van der Waals surface area contributed by atoms with Crippen LogP contribution in [-0.2, 0) is 10.2 Å². The number of carboxylic acids is 1. The van der Waals surface area contributed by atoms with Gasteiger partial charge in [0, 0.05) is 18.0 Å². The predicted octanol–water partition coefficient (Wildman–Crippen LogP) is 2.89. The lowest BCUT2D eigenvalue weighted by atomic mass is 9.64. The lowest BCUT2D eigenvalue weighted by Crippen LogP contribution is -2.42. The average molecular weight is 246 g/mol. The Morgan fingerprint density at radius 2 is 1.87 bits per heavy atom. The van der Waals surface area contributed by atoms with Gasteiger partial charge in [0.15, 0.2) is 0 Å². The molecule has 0 aromatic carbocycles. The van der Waals surface area contributed by atoms with E-state index in [0.717, 1.165) is 6.42 Å². The molecule has 0 aliphatic heterocycles. The number of hydrogen-bond donors (Lipinski definition) is 1. The van der Waals surface area contributed by atoms with E-state index in [1.54, 1.807) is 0 Å². The summed E-state index contributed by atoms with van der Waals surface area (Å²) in [7, 11) is 0. The van der Waals surface area contributed by atoms with Crippen molar-refractivity contribution in [1.29, 1.82) is 0 Å². The molecule has 1 aliphatic rings. The van der Waals surface area contributed by atoms with Crippen LogP contribution in [0.4, 0.5) is 0 Å². The number of nitrogens with zero attached hydrogens (tertiary/aromatic N) is 1. The van der Waals surface area contributed by atoms with Crippen molar-refractivity contribution in [2.24, 2.45) is 0 Å². The van der Waals surface area contributed by atoms with Gasteiger partial charge in [-0.1, -0.05) is 29.6 Å². The molecular weight excluding hydrogens is 237 g/mol. The summed E-state index contributed by atoms with van der Waals surface area (Å²) in [5.41, 5.74) is -0.378. The van der Waals surface area contributed by atoms with Gasteiger partial charge < -0.3 is 5.11 Å². The fourth-order valence-electron chi connectivity index (χ4n) is 1.97. The van der Waals surface area contributed by atoms with Gasteiger partial charge in [0.2, 0.25) is 0 Å². The van der Waals surface area contributed by atoms with E-state index in [1.165, 1.54) is 12.4 Å². The van der Waals surface area contributed by atoms with E-state index in [9.17, 15) is 9.90 Å². The summed E-state index contributed by atoms with van der Waals surface area (Å²) in [6.07, 6.45) is 4.94. The van der Waals surface area contributed by atoms with Crippen molar-refractivity contribution in [3.8, 4) is 0 Å². The van der Waals surface area contributed by atoms with Gasteiger partial charge in [-0.2, -0.15) is 0 Å². The zero-order valence-electron chi connectivity index (χ0n) is 7.83. The summed E-state index contributed by atoms with van der Waals surface area (Å²) in [4.78, 5) is 15.1. The topological polar surface area (TPSA) is 50.2 Å². The van der Waals surface area contributed by atoms with Crippen LogP contribution < -0.4 is 0 Å². The highest BCUT2D eigenvalue weighted by Crippen LogP contribution is 2.48. The van der Waals surface area contributed by atoms with Gasteiger partial charge in [0.25, 0.3) is 0 Å². The van der Waals surface area contributed by atoms with Crippen LogP contribution >= 0.6 is 23.2 Å². The van der Waals surface area contributed by atoms with Crippen molar-refractivity contribution in [3.63, 3.8) is 0 Å². The average Bonchev–Trinajstić information content (AvgIpc) is 2.07. The maximum Gasteiger partial charge on any atom is 0.314 e. The van der Waals surface area contributed by atoms with Crippen LogP contribution in [0.2, 0.25) is 10.0 Å². The Morgan fingerprint density at radius 3 is 2.20 bits per heavy atom. The standard InChI is InChI=1S/C10H9Cl2NO2/c11-6-4-13-5-7(12)8(6)10(9(14)15)2-1-3-10/h4-5H,1-3H2,(H,14,15). The molecule has 1 N–H and O–H groups in total. The molecule has 1 aliphatic carbocycles. The van der Waals surface area contributed by atoms with Crippen molar-refractivity contribution in [2.45, 2.75) is 24.7 Å². The van der Waals surface area contributed by atoms with Crippen LogP contribution in [-0.4, -0.2) is 16.1 Å². The zero-order valence-corrected chi connectivity index (χ0v) is 9.35. The molecule has 80 valence electrons. The van der Waals surface area contributed by atoms with E-state index in [0.29, 0.717) is 28.5 Å². The highest BCUT2D eigenvalue weighted by molar-refractivity contribution is 6.36. The van der Waals surface area contributed by atoms with Crippen molar-refractivity contribution in [1.82, 2.24) is 4.98 Å². The third kappa shape index (κ3) is 1.50. The highest BCUT2D eigenvalue weighted by Gasteiger charge is 2.48. The second kappa shape index (κ2) is 3.65. The molecule has 5 heteroatoms. The Hall–Kier alpha value is -0.800. The fraction of sp³-hybridized carbons (Fsp3) is 0.400. The summed E-state index contributed by atoms with van der Waals surface area (Å²) in [5, 5.41) is 9.92. The zero-order chi connectivity index (χ0) is 11.1. The Morgan fingerprint density at radius 1 is 1.33 bits per heavy atom. The predicted molar refractivity (Wildman–Crippen MR) is 57.4 cm³/mol. The minimum atomic E-state index is -0.892. The smallest absolute Gasteiger partial charge is 0.314 e. The Bertz CT molecular complexity index is 396. The van der Waals surface area contributed by atoms with Gasteiger partial charge in [-0.05, 0) is 12.8 Å². The number of carbonyl (C=O) groups is 1. The molecular formula is C10H9Cl2NO2. The van der Waals surface area contributed by atoms with E-state index in [1.807, 2.05) is 0 Å². The molecule has 0 radical (unpaired) electrons. The molecule has 0 spiro atoms. The lowest BCUT2D eigenvalue weighted by Gasteiger charge is -2.38. The van der Waals surface area contributed by atoms with Crippen molar-refractivity contribution in [2.75, 3.05) is 0 Å². The SMILES string of the molecule is O=C(O)C1(c2c(Cl)cncc2Cl)CCC1. The van der Waals surface area contributed by atoms with Gasteiger partial charge >= 0.3 is 5.97 Å². The number of rotatable bonds is 2. The summed E-state index contributed by atoms with van der Waals surface area (Å²) in [5.74, 6) is -0.858. The molecule has 0 atom stereocenters. The maximum atomic E-state index is 11.3. The molecule has 3 nitrogen and oxygen atoms in total. The normalized spacial score (nSPS) is 18.3. The lowest BCUT2D eigenvalue weighted by molar-refractivity contribution is -0.147. The van der Waals surface area contributed by atoms with Crippen molar-refractivity contribution >= 4 is 29.2 Å². The first kappa shape index (κ1) is 10.7. The van der Waals surface area contributed by atoms with E-state index >= 15 is 0 Å². The van der Waals surface area contributed by atoms with Crippen LogP contribution in [0.5, 0.6) is 0 Å². The first-order valence-electron chi connectivity index (χ1n) is 4.61. The summed E-state index contributed by atoms with van der Waals surface area (Å²) >= 11 is 11.9. The summed E-state index contributed by atoms with van der Waals surface area (Å²) in [6.45, 7) is 0. The van der Waals surface area contributed by atoms with Crippen LogP contribution in [0.15, 0.2) is 12.4 Å². The van der Waals surface area contributed by atoms with Crippen molar-refractivity contribution in [3.05, 3.63) is 28.0 Å². The van der Waals surface area contributed by atoms with Crippen molar-refractivity contribution < 1.29 is 9.90 Å². The third-order valence-electron chi connectivity index (χ3n) is 2.95. The molecule has 15 heavy (non-hydrogen) atoms. The van der Waals surface area contributed by atoms with Crippen LogP contribution in [0, 0.1) is 0 Å². The maximum absolute atomic E-state index is 11.3. The third-order valence-corrected chi connectivity index (χ3v) is 3.52. The fourth-order valence-corrected chi connectivity index (χ4v) is 2.70. The molecule has 0 unspecified atom stereocenters. The Kier molecular flexibility index (Phi) is 2.61. The van der Waals surface area contributed by atoms with E-state index in [-0.39, 0.29) is 0 Å². The first-order valence-corrected chi connectivity index (χ1v) is 5.36. The summed E-state index contributed by atoms with van der Waals surface area (Å²) < 4.78 is 0. The quantitative estimate of drug-likeness (QED) is 0.872. The minimum Gasteiger partial charge on any atom is -0.481 e. The van der Waals surface area contributed by atoms with Gasteiger partial charge in [0.05, 0.1) is 15.5 Å². The summed E-state index contributed by atoms with van der Waals surface area (Å²) in [6, 6.07) is 0. The van der Waals surface area contributed by atoms with Gasteiger partial charge in [-0.3, -0.25) is 9.78 Å². The largest absolute Gasteiger partial charge is 0.481 e. The molecule has 0 saturated heterocycles. The molecule has 0 bridgehead atoms. The number of aliphatic carboxylic acids is 1. The Labute approximate surface area is 97.0 Å². The number of aromatic nitrogens is 1. The number of halogens is 2. The molecule has 1 aromatic rings. The highest BCUT2D eigenvalue weighted by atomic mass is 35.5. The van der Waals surface area contributed by atoms with Crippen LogP contribution in [0.3, 0.4) is 0 Å². The van der Waals surface area contributed by atoms with Crippen LogP contribution in [0.1, 0.15) is 24.8 Å². The first-order chi connectivity index (χ1) is 7.08. The number of pyridine rings is 1. The van der Waals surface area contributed by atoms with E-state index in [4.69, 9.17) is 23.2 Å². The molecule has 1 heterocycles. The van der Waals surface area contributed by atoms with Gasteiger partial charge in [-0.15, -0.1) is 0 Å². The van der Waals surface area contributed by atoms with Crippen LogP contribution in [0.25, 0.3) is 0 Å². The molecule has 0 amide bonds. The molecule has 1 fully saturated rings. The molecule has 1 saturated carbocycles. The number of carboxylic acid groups (broad SMARTS) is 1. The van der Waals surface area contributed by atoms with E-state index < -0.39 is 11.4 Å². The minimum absolute atomic E-state index is 0.338.